The van der Waals surface area contributed by atoms with Crippen LogP contribution in [0.4, 0.5) is 0 Å². The summed E-state index contributed by atoms with van der Waals surface area (Å²) >= 11 is 0. The molecule has 0 aliphatic rings. The fourth-order valence-electron chi connectivity index (χ4n) is 3.30. The van der Waals surface area contributed by atoms with Crippen LogP contribution in [0.1, 0.15) is 42.6 Å². The van der Waals surface area contributed by atoms with E-state index in [-0.39, 0.29) is 0 Å². The highest BCUT2D eigenvalue weighted by Gasteiger charge is 2.24. The van der Waals surface area contributed by atoms with Gasteiger partial charge in [0.15, 0.2) is 0 Å². The molecule has 2 unspecified atom stereocenters. The van der Waals surface area contributed by atoms with E-state index in [4.69, 9.17) is 9.47 Å². The molecule has 3 rings (SSSR count). The van der Waals surface area contributed by atoms with Gasteiger partial charge in [-0.2, -0.15) is 5.26 Å². The van der Waals surface area contributed by atoms with Gasteiger partial charge in [0.1, 0.15) is 30.3 Å². The van der Waals surface area contributed by atoms with Gasteiger partial charge in [-0.1, -0.05) is 67.6 Å². The summed E-state index contributed by atoms with van der Waals surface area (Å²) in [6.07, 6.45) is 0.294. The van der Waals surface area contributed by atoms with Crippen molar-refractivity contribution in [3.63, 3.8) is 0 Å². The third-order valence-electron chi connectivity index (χ3n) is 5.10. The van der Waals surface area contributed by atoms with Crippen molar-refractivity contribution in [2.45, 2.75) is 32.5 Å². The molecule has 0 fully saturated rings. The lowest BCUT2D eigenvalue weighted by Crippen LogP contribution is -2.19. The number of nitriles is 1. The molecule has 158 valence electrons. The second-order valence-corrected chi connectivity index (χ2v) is 7.24. The molecule has 0 aliphatic heterocycles. The average Bonchev–Trinajstić information content (AvgIpc) is 2.81. The van der Waals surface area contributed by atoms with Crippen molar-refractivity contribution >= 4 is 5.97 Å². The van der Waals surface area contributed by atoms with Gasteiger partial charge in [0.2, 0.25) is 0 Å². The van der Waals surface area contributed by atoms with Crippen molar-refractivity contribution in [1.82, 2.24) is 0 Å². The minimum atomic E-state index is -0.854. The summed E-state index contributed by atoms with van der Waals surface area (Å²) in [7, 11) is 0. The normalized spacial score (nSPS) is 12.4. The van der Waals surface area contributed by atoms with E-state index in [0.29, 0.717) is 36.5 Å². The van der Waals surface area contributed by atoms with Crippen LogP contribution in [-0.2, 0) is 11.4 Å². The fraction of sp³-hybridized carbons (Fsp3) is 0.231. The Bertz CT molecular complexity index is 1030. The van der Waals surface area contributed by atoms with E-state index in [1.54, 1.807) is 18.2 Å². The van der Waals surface area contributed by atoms with Crippen LogP contribution in [0.25, 0.3) is 0 Å². The van der Waals surface area contributed by atoms with Crippen LogP contribution in [0.3, 0.4) is 0 Å². The van der Waals surface area contributed by atoms with Crippen LogP contribution in [0, 0.1) is 17.2 Å². The van der Waals surface area contributed by atoms with Crippen molar-refractivity contribution < 1.29 is 19.4 Å². The van der Waals surface area contributed by atoms with Gasteiger partial charge in [0.05, 0.1) is 11.5 Å². The zero-order valence-electron chi connectivity index (χ0n) is 17.4. The zero-order valence-corrected chi connectivity index (χ0v) is 17.4. The lowest BCUT2D eigenvalue weighted by Gasteiger charge is -2.23. The van der Waals surface area contributed by atoms with Crippen LogP contribution >= 0.6 is 0 Å². The summed E-state index contributed by atoms with van der Waals surface area (Å²) in [5, 5.41) is 19.1. The molecule has 31 heavy (non-hydrogen) atoms. The standard InChI is InChI=1S/C26H25NO4/c1-2-20(26(28)29)15-24(21-11-7-4-8-12-21)31-25-16-23(14-13-22(25)17-27)30-18-19-9-5-3-6-10-19/h3-14,16,20,24H,2,15,18H2,1H3,(H,28,29). The summed E-state index contributed by atoms with van der Waals surface area (Å²) in [4.78, 5) is 11.6. The van der Waals surface area contributed by atoms with Crippen molar-refractivity contribution in [3.8, 4) is 17.6 Å². The Balaban J connectivity index is 1.85. The summed E-state index contributed by atoms with van der Waals surface area (Å²) in [6, 6.07) is 26.5. The highest BCUT2D eigenvalue weighted by atomic mass is 16.5. The summed E-state index contributed by atoms with van der Waals surface area (Å²) in [6.45, 7) is 2.24. The molecule has 0 spiro atoms. The number of benzene rings is 3. The lowest BCUT2D eigenvalue weighted by molar-refractivity contribution is -0.142. The number of carboxylic acid groups (broad SMARTS) is 1. The molecule has 1 N–H and O–H groups in total. The summed E-state index contributed by atoms with van der Waals surface area (Å²) in [5.41, 5.74) is 2.27. The summed E-state index contributed by atoms with van der Waals surface area (Å²) in [5.74, 6) is -0.446. The number of carboxylic acids is 1. The van der Waals surface area contributed by atoms with Crippen LogP contribution in [-0.4, -0.2) is 11.1 Å². The molecule has 5 heteroatoms. The maximum Gasteiger partial charge on any atom is 0.306 e. The first-order valence-electron chi connectivity index (χ1n) is 10.3. The van der Waals surface area contributed by atoms with Gasteiger partial charge in [0.25, 0.3) is 0 Å². The second-order valence-electron chi connectivity index (χ2n) is 7.24. The van der Waals surface area contributed by atoms with Gasteiger partial charge in [-0.05, 0) is 29.7 Å². The highest BCUT2D eigenvalue weighted by Crippen LogP contribution is 2.33. The largest absolute Gasteiger partial charge is 0.489 e. The molecule has 0 saturated heterocycles. The van der Waals surface area contributed by atoms with Crippen LogP contribution in [0.5, 0.6) is 11.5 Å². The Hall–Kier alpha value is -3.78. The lowest BCUT2D eigenvalue weighted by atomic mass is 9.94. The first-order chi connectivity index (χ1) is 15.1. The van der Waals surface area contributed by atoms with E-state index in [2.05, 4.69) is 6.07 Å². The quantitative estimate of drug-likeness (QED) is 0.455. The molecule has 0 aromatic heterocycles. The minimum absolute atomic E-state index is 0.301. The van der Waals surface area contributed by atoms with Crippen molar-refractivity contribution in [2.75, 3.05) is 0 Å². The van der Waals surface area contributed by atoms with Crippen molar-refractivity contribution in [1.29, 1.82) is 5.26 Å². The van der Waals surface area contributed by atoms with Gasteiger partial charge in [0, 0.05) is 12.5 Å². The van der Waals surface area contributed by atoms with Gasteiger partial charge >= 0.3 is 5.97 Å². The fourth-order valence-corrected chi connectivity index (χ4v) is 3.30. The number of carbonyl (C=O) groups is 1. The molecule has 5 nitrogen and oxygen atoms in total. The van der Waals surface area contributed by atoms with Gasteiger partial charge in [-0.3, -0.25) is 4.79 Å². The maximum absolute atomic E-state index is 11.6. The Kier molecular flexibility index (Phi) is 7.67. The Morgan fingerprint density at radius 3 is 2.32 bits per heavy atom. The van der Waals surface area contributed by atoms with Crippen molar-refractivity contribution in [2.24, 2.45) is 5.92 Å². The highest BCUT2D eigenvalue weighted by molar-refractivity contribution is 5.70. The number of nitrogens with zero attached hydrogens (tertiary/aromatic N) is 1. The number of hydrogen-bond donors (Lipinski definition) is 1. The molecular formula is C26H25NO4. The monoisotopic (exact) mass is 415 g/mol. The molecule has 0 aliphatic carbocycles. The van der Waals surface area contributed by atoms with Crippen LogP contribution < -0.4 is 9.47 Å². The number of hydrogen-bond acceptors (Lipinski definition) is 4. The Morgan fingerprint density at radius 1 is 1.03 bits per heavy atom. The van der Waals surface area contributed by atoms with Gasteiger partial charge in [-0.25, -0.2) is 0 Å². The number of aliphatic carboxylic acids is 1. The smallest absolute Gasteiger partial charge is 0.306 e. The molecule has 0 radical (unpaired) electrons. The van der Waals surface area contributed by atoms with E-state index in [0.717, 1.165) is 11.1 Å². The van der Waals surface area contributed by atoms with Gasteiger partial charge in [-0.15, -0.1) is 0 Å². The average molecular weight is 415 g/mol. The molecule has 2 atom stereocenters. The molecule has 0 bridgehead atoms. The van der Waals surface area contributed by atoms with E-state index in [1.165, 1.54) is 0 Å². The molecule has 0 saturated carbocycles. The predicted molar refractivity (Wildman–Crippen MR) is 118 cm³/mol. The third-order valence-corrected chi connectivity index (χ3v) is 5.10. The number of ether oxygens (including phenoxy) is 2. The first-order valence-corrected chi connectivity index (χ1v) is 10.3. The van der Waals surface area contributed by atoms with Crippen LogP contribution in [0.15, 0.2) is 78.9 Å². The first kappa shape index (κ1) is 21.9. The molecular weight excluding hydrogens is 390 g/mol. The number of rotatable bonds is 10. The molecule has 3 aromatic rings. The second kappa shape index (κ2) is 10.8. The minimum Gasteiger partial charge on any atom is -0.489 e. The maximum atomic E-state index is 11.6. The van der Waals surface area contributed by atoms with Crippen LogP contribution in [0.2, 0.25) is 0 Å². The van der Waals surface area contributed by atoms with Gasteiger partial charge < -0.3 is 14.6 Å². The van der Waals surface area contributed by atoms with E-state index in [1.807, 2.05) is 67.6 Å². The summed E-state index contributed by atoms with van der Waals surface area (Å²) < 4.78 is 12.1. The van der Waals surface area contributed by atoms with Crippen molar-refractivity contribution in [3.05, 3.63) is 95.6 Å². The third kappa shape index (κ3) is 6.10. The Labute approximate surface area is 182 Å². The SMILES string of the molecule is CCC(CC(Oc1cc(OCc2ccccc2)ccc1C#N)c1ccccc1)C(=O)O. The molecule has 3 aromatic carbocycles. The Morgan fingerprint density at radius 2 is 1.71 bits per heavy atom. The molecule has 0 amide bonds. The molecule has 0 heterocycles. The van der Waals surface area contributed by atoms with E-state index in [9.17, 15) is 15.2 Å². The van der Waals surface area contributed by atoms with E-state index < -0.39 is 18.0 Å². The zero-order chi connectivity index (χ0) is 22.1. The van der Waals surface area contributed by atoms with E-state index >= 15 is 0 Å². The predicted octanol–water partition coefficient (Wildman–Crippen LogP) is 5.76. The topological polar surface area (TPSA) is 79.5 Å².